The fourth-order valence-corrected chi connectivity index (χ4v) is 1.24. The molecule has 0 radical (unpaired) electrons. The van der Waals surface area contributed by atoms with Crippen LogP contribution in [0.15, 0.2) is 34.8 Å². The van der Waals surface area contributed by atoms with E-state index in [0.29, 0.717) is 11.6 Å². The molecular formula is C11H13Cl2N. The first-order valence-corrected chi connectivity index (χ1v) is 5.25. The van der Waals surface area contributed by atoms with E-state index in [2.05, 4.69) is 36.5 Å². The molecule has 0 unspecified atom stereocenters. The van der Waals surface area contributed by atoms with Gasteiger partial charge in [-0.25, -0.2) is 0 Å². The summed E-state index contributed by atoms with van der Waals surface area (Å²) in [4.78, 5) is 0. The van der Waals surface area contributed by atoms with Crippen LogP contribution < -0.4 is 5.32 Å². The van der Waals surface area contributed by atoms with Crippen molar-refractivity contribution in [1.82, 2.24) is 5.32 Å². The summed E-state index contributed by atoms with van der Waals surface area (Å²) in [6, 6.07) is 8.38. The zero-order valence-electron chi connectivity index (χ0n) is 8.06. The second-order valence-electron chi connectivity index (χ2n) is 3.15. The molecule has 1 aromatic rings. The molecule has 1 N–H and O–H groups in total. The molecule has 3 heteroatoms. The standard InChI is InChI=1S/C11H13Cl2N/c1-9-2-4-10(5-3-9)7-14-8-11(13)6-12/h2-6,14H,7-8H2,1H3. The van der Waals surface area contributed by atoms with E-state index in [1.807, 2.05) is 0 Å². The molecule has 0 aliphatic heterocycles. The molecule has 0 heterocycles. The summed E-state index contributed by atoms with van der Waals surface area (Å²) in [7, 11) is 0. The predicted molar refractivity (Wildman–Crippen MR) is 62.7 cm³/mol. The van der Waals surface area contributed by atoms with Crippen LogP contribution in [0.5, 0.6) is 0 Å². The Morgan fingerprint density at radius 2 is 2.00 bits per heavy atom. The van der Waals surface area contributed by atoms with E-state index in [1.165, 1.54) is 16.7 Å². The predicted octanol–water partition coefficient (Wildman–Crippen LogP) is 3.40. The van der Waals surface area contributed by atoms with Crippen molar-refractivity contribution in [2.24, 2.45) is 0 Å². The van der Waals surface area contributed by atoms with Gasteiger partial charge in [-0.15, -0.1) is 0 Å². The molecule has 0 atom stereocenters. The van der Waals surface area contributed by atoms with Gasteiger partial charge in [-0.2, -0.15) is 0 Å². The third-order valence-corrected chi connectivity index (χ3v) is 2.48. The van der Waals surface area contributed by atoms with Crippen molar-refractivity contribution in [2.45, 2.75) is 13.5 Å². The maximum Gasteiger partial charge on any atom is 0.0432 e. The minimum Gasteiger partial charge on any atom is -0.308 e. The van der Waals surface area contributed by atoms with Crippen LogP contribution in [0.1, 0.15) is 11.1 Å². The number of nitrogens with one attached hydrogen (secondary N) is 1. The highest BCUT2D eigenvalue weighted by Gasteiger charge is 1.93. The van der Waals surface area contributed by atoms with Crippen LogP contribution in [0, 0.1) is 6.92 Å². The number of aryl methyl sites for hydroxylation is 1. The van der Waals surface area contributed by atoms with Gasteiger partial charge in [-0.3, -0.25) is 0 Å². The van der Waals surface area contributed by atoms with Crippen LogP contribution >= 0.6 is 23.2 Å². The summed E-state index contributed by atoms with van der Waals surface area (Å²) < 4.78 is 0. The van der Waals surface area contributed by atoms with Crippen molar-refractivity contribution in [3.05, 3.63) is 46.0 Å². The molecule has 0 aromatic heterocycles. The van der Waals surface area contributed by atoms with E-state index in [9.17, 15) is 0 Å². The highest BCUT2D eigenvalue weighted by molar-refractivity contribution is 6.36. The van der Waals surface area contributed by atoms with Gasteiger partial charge in [0, 0.05) is 23.7 Å². The van der Waals surface area contributed by atoms with E-state index in [-0.39, 0.29) is 0 Å². The van der Waals surface area contributed by atoms with Crippen molar-refractivity contribution in [2.75, 3.05) is 6.54 Å². The van der Waals surface area contributed by atoms with Gasteiger partial charge in [0.05, 0.1) is 0 Å². The van der Waals surface area contributed by atoms with E-state index in [1.54, 1.807) is 0 Å². The Balaban J connectivity index is 2.35. The minimum absolute atomic E-state index is 0.610. The third kappa shape index (κ3) is 4.14. The maximum atomic E-state index is 5.72. The lowest BCUT2D eigenvalue weighted by Crippen LogP contribution is -2.14. The third-order valence-electron chi connectivity index (χ3n) is 1.86. The molecule has 0 spiro atoms. The van der Waals surface area contributed by atoms with Crippen LogP contribution in [-0.2, 0) is 6.54 Å². The molecule has 1 nitrogen and oxygen atoms in total. The summed E-state index contributed by atoms with van der Waals surface area (Å²) in [5.74, 6) is 0. The van der Waals surface area contributed by atoms with E-state index in [4.69, 9.17) is 23.2 Å². The number of hydrogen-bond donors (Lipinski definition) is 1. The maximum absolute atomic E-state index is 5.72. The van der Waals surface area contributed by atoms with Gasteiger partial charge in [0.2, 0.25) is 0 Å². The van der Waals surface area contributed by atoms with E-state index in [0.717, 1.165) is 6.54 Å². The normalized spacial score (nSPS) is 11.8. The first-order chi connectivity index (χ1) is 6.72. The van der Waals surface area contributed by atoms with Crippen molar-refractivity contribution in [3.63, 3.8) is 0 Å². The largest absolute Gasteiger partial charge is 0.308 e. The Morgan fingerprint density at radius 3 is 2.57 bits per heavy atom. The summed E-state index contributed by atoms with van der Waals surface area (Å²) in [6.45, 7) is 3.49. The van der Waals surface area contributed by atoms with E-state index < -0.39 is 0 Å². The molecule has 1 rings (SSSR count). The Morgan fingerprint density at radius 1 is 1.36 bits per heavy atom. The van der Waals surface area contributed by atoms with Gasteiger partial charge in [-0.05, 0) is 12.5 Å². The monoisotopic (exact) mass is 229 g/mol. The highest BCUT2D eigenvalue weighted by atomic mass is 35.5. The van der Waals surface area contributed by atoms with Crippen molar-refractivity contribution in [1.29, 1.82) is 0 Å². The molecule has 0 aliphatic carbocycles. The number of hydrogen-bond acceptors (Lipinski definition) is 1. The quantitative estimate of drug-likeness (QED) is 0.835. The molecular weight excluding hydrogens is 217 g/mol. The fourth-order valence-electron chi connectivity index (χ4n) is 1.07. The average Bonchev–Trinajstić information content (AvgIpc) is 2.21. The SMILES string of the molecule is Cc1ccc(CNCC(Cl)=CCl)cc1. The van der Waals surface area contributed by atoms with Crippen LogP contribution in [0.2, 0.25) is 0 Å². The lowest BCUT2D eigenvalue weighted by Gasteiger charge is -2.03. The molecule has 0 saturated heterocycles. The van der Waals surface area contributed by atoms with Gasteiger partial charge in [-0.1, -0.05) is 53.0 Å². The Hall–Kier alpha value is -0.500. The molecule has 76 valence electrons. The zero-order chi connectivity index (χ0) is 10.4. The van der Waals surface area contributed by atoms with E-state index >= 15 is 0 Å². The second-order valence-corrected chi connectivity index (χ2v) is 3.85. The summed E-state index contributed by atoms with van der Waals surface area (Å²) in [5.41, 5.74) is 3.89. The summed E-state index contributed by atoms with van der Waals surface area (Å²) in [5, 5.41) is 3.81. The Kier molecular flexibility index (Phi) is 5.02. The lowest BCUT2D eigenvalue weighted by molar-refractivity contribution is 0.754. The van der Waals surface area contributed by atoms with Crippen LogP contribution in [0.3, 0.4) is 0 Å². The zero-order valence-corrected chi connectivity index (χ0v) is 9.57. The first-order valence-electron chi connectivity index (χ1n) is 4.43. The second kappa shape index (κ2) is 6.07. The van der Waals surface area contributed by atoms with Gasteiger partial charge >= 0.3 is 0 Å². The lowest BCUT2D eigenvalue weighted by atomic mass is 10.1. The van der Waals surface area contributed by atoms with Crippen LogP contribution in [-0.4, -0.2) is 6.54 Å². The van der Waals surface area contributed by atoms with Gasteiger partial charge in [0.1, 0.15) is 0 Å². The van der Waals surface area contributed by atoms with Gasteiger partial charge in [0.25, 0.3) is 0 Å². The van der Waals surface area contributed by atoms with Crippen molar-refractivity contribution in [3.8, 4) is 0 Å². The summed E-state index contributed by atoms with van der Waals surface area (Å²) in [6.07, 6.45) is 0. The smallest absolute Gasteiger partial charge is 0.0432 e. The highest BCUT2D eigenvalue weighted by Crippen LogP contribution is 2.04. The fraction of sp³-hybridized carbons (Fsp3) is 0.273. The number of rotatable bonds is 4. The van der Waals surface area contributed by atoms with Crippen molar-refractivity contribution < 1.29 is 0 Å². The Bertz CT molecular complexity index is 304. The van der Waals surface area contributed by atoms with Crippen molar-refractivity contribution >= 4 is 23.2 Å². The van der Waals surface area contributed by atoms with Crippen LogP contribution in [0.25, 0.3) is 0 Å². The average molecular weight is 230 g/mol. The molecule has 1 aromatic carbocycles. The topological polar surface area (TPSA) is 12.0 Å². The molecule has 0 bridgehead atoms. The van der Waals surface area contributed by atoms with Gasteiger partial charge < -0.3 is 5.32 Å². The Labute approximate surface area is 94.7 Å². The number of benzene rings is 1. The molecule has 0 amide bonds. The molecule has 14 heavy (non-hydrogen) atoms. The summed E-state index contributed by atoms with van der Waals surface area (Å²) >= 11 is 11.1. The minimum atomic E-state index is 0.610. The first kappa shape index (κ1) is 11.6. The van der Waals surface area contributed by atoms with Crippen LogP contribution in [0.4, 0.5) is 0 Å². The molecule has 0 aliphatic rings. The number of halogens is 2. The van der Waals surface area contributed by atoms with Gasteiger partial charge in [0.15, 0.2) is 0 Å². The molecule has 0 saturated carbocycles. The molecule has 0 fully saturated rings.